The lowest BCUT2D eigenvalue weighted by molar-refractivity contribution is -0.0222. The third kappa shape index (κ3) is 1.64. The van der Waals surface area contributed by atoms with Gasteiger partial charge in [-0.1, -0.05) is 0 Å². The predicted octanol–water partition coefficient (Wildman–Crippen LogP) is -0.566. The van der Waals surface area contributed by atoms with Crippen molar-refractivity contribution in [1.82, 2.24) is 15.0 Å². The minimum Gasteiger partial charge on any atom is -0.394 e. The summed E-state index contributed by atoms with van der Waals surface area (Å²) < 4.78 is 5.54. The topological polar surface area (TPSA) is 111 Å². The fourth-order valence-electron chi connectivity index (χ4n) is 2.31. The number of aliphatic hydroxyl groups excluding tert-OH is 2. The summed E-state index contributed by atoms with van der Waals surface area (Å²) in [4.78, 5) is 21.0. The molecule has 7 heteroatoms. The minimum absolute atomic E-state index is 0.228. The number of aromatic nitrogens is 3. The van der Waals surface area contributed by atoms with Gasteiger partial charge >= 0.3 is 0 Å². The zero-order valence-electron chi connectivity index (χ0n) is 9.46. The first-order valence-electron chi connectivity index (χ1n) is 5.69. The third-order valence-electron chi connectivity index (χ3n) is 3.25. The van der Waals surface area contributed by atoms with E-state index in [0.717, 1.165) is 5.56 Å². The van der Waals surface area contributed by atoms with Crippen molar-refractivity contribution in [1.29, 1.82) is 0 Å². The highest BCUT2D eigenvalue weighted by atomic mass is 16.5. The van der Waals surface area contributed by atoms with Gasteiger partial charge < -0.3 is 24.9 Å². The van der Waals surface area contributed by atoms with E-state index in [9.17, 15) is 9.90 Å². The Morgan fingerprint density at radius 1 is 1.50 bits per heavy atom. The van der Waals surface area contributed by atoms with E-state index in [1.807, 2.05) is 0 Å². The molecule has 3 atom stereocenters. The van der Waals surface area contributed by atoms with Crippen molar-refractivity contribution in [2.45, 2.75) is 24.7 Å². The molecule has 1 aliphatic heterocycles. The van der Waals surface area contributed by atoms with Gasteiger partial charge in [-0.15, -0.1) is 0 Å². The molecule has 0 bridgehead atoms. The number of aliphatic hydroxyl groups is 2. The summed E-state index contributed by atoms with van der Waals surface area (Å²) in [5.74, 6) is 0. The maximum absolute atomic E-state index is 11.5. The number of H-pyrrole nitrogens is 2. The van der Waals surface area contributed by atoms with Crippen molar-refractivity contribution in [3.05, 3.63) is 28.4 Å². The Labute approximate surface area is 101 Å². The quantitative estimate of drug-likeness (QED) is 0.571. The molecule has 0 amide bonds. The molecule has 3 heterocycles. The Bertz CT molecular complexity index is 620. The van der Waals surface area contributed by atoms with Crippen molar-refractivity contribution < 1.29 is 14.9 Å². The monoisotopic (exact) mass is 251 g/mol. The van der Waals surface area contributed by atoms with E-state index in [4.69, 9.17) is 9.84 Å². The highest BCUT2D eigenvalue weighted by Crippen LogP contribution is 2.35. The van der Waals surface area contributed by atoms with Crippen LogP contribution in [0.2, 0.25) is 0 Å². The Balaban J connectivity index is 2.01. The highest BCUT2D eigenvalue weighted by Gasteiger charge is 2.35. The fourth-order valence-corrected chi connectivity index (χ4v) is 2.31. The van der Waals surface area contributed by atoms with Crippen LogP contribution >= 0.6 is 0 Å². The van der Waals surface area contributed by atoms with Crippen molar-refractivity contribution >= 4 is 11.0 Å². The molecule has 0 saturated carbocycles. The van der Waals surface area contributed by atoms with E-state index in [0.29, 0.717) is 17.5 Å². The molecular weight excluding hydrogens is 238 g/mol. The van der Waals surface area contributed by atoms with Crippen LogP contribution in [0.25, 0.3) is 11.0 Å². The van der Waals surface area contributed by atoms with Gasteiger partial charge in [-0.3, -0.25) is 4.79 Å². The van der Waals surface area contributed by atoms with Gasteiger partial charge in [-0.05, 0) is 0 Å². The molecular formula is C11H13N3O4. The molecule has 1 aliphatic rings. The first-order chi connectivity index (χ1) is 8.70. The van der Waals surface area contributed by atoms with Crippen LogP contribution in [0.4, 0.5) is 0 Å². The lowest BCUT2D eigenvalue weighted by Crippen LogP contribution is -2.24. The van der Waals surface area contributed by atoms with E-state index in [-0.39, 0.29) is 18.3 Å². The van der Waals surface area contributed by atoms with Gasteiger partial charge in [0.15, 0.2) is 0 Å². The van der Waals surface area contributed by atoms with Gasteiger partial charge in [0.1, 0.15) is 17.1 Å². The summed E-state index contributed by atoms with van der Waals surface area (Å²) in [6.07, 6.45) is 1.72. The van der Waals surface area contributed by atoms with Gasteiger partial charge in [-0.25, -0.2) is 4.98 Å². The minimum atomic E-state index is -0.702. The van der Waals surface area contributed by atoms with Crippen molar-refractivity contribution in [3.63, 3.8) is 0 Å². The second kappa shape index (κ2) is 4.20. The normalized spacial score (nSPS) is 28.0. The first kappa shape index (κ1) is 11.4. The molecule has 2 unspecified atom stereocenters. The van der Waals surface area contributed by atoms with Crippen LogP contribution in [-0.2, 0) is 4.74 Å². The van der Waals surface area contributed by atoms with Gasteiger partial charge in [0, 0.05) is 18.2 Å². The SMILES string of the molecule is O=c1[nH]cnc2c(C3C[C@H](O)C(CO)O3)c[nH]c12. The lowest BCUT2D eigenvalue weighted by Gasteiger charge is -2.10. The molecule has 1 saturated heterocycles. The second-order valence-electron chi connectivity index (χ2n) is 4.35. The molecule has 2 aromatic rings. The maximum atomic E-state index is 11.5. The second-order valence-corrected chi connectivity index (χ2v) is 4.35. The molecule has 0 spiro atoms. The van der Waals surface area contributed by atoms with Crippen LogP contribution in [0.15, 0.2) is 17.3 Å². The molecule has 4 N–H and O–H groups in total. The van der Waals surface area contributed by atoms with Crippen molar-refractivity contribution in [3.8, 4) is 0 Å². The van der Waals surface area contributed by atoms with Crippen LogP contribution < -0.4 is 5.56 Å². The Hall–Kier alpha value is -1.70. The molecule has 1 fully saturated rings. The summed E-state index contributed by atoms with van der Waals surface area (Å²) in [6, 6.07) is 0. The zero-order chi connectivity index (χ0) is 12.7. The smallest absolute Gasteiger partial charge is 0.275 e. The van der Waals surface area contributed by atoms with Crippen LogP contribution in [0.3, 0.4) is 0 Å². The van der Waals surface area contributed by atoms with E-state index >= 15 is 0 Å². The lowest BCUT2D eigenvalue weighted by atomic mass is 10.1. The van der Waals surface area contributed by atoms with E-state index in [1.165, 1.54) is 6.33 Å². The summed E-state index contributed by atoms with van der Waals surface area (Å²) in [7, 11) is 0. The summed E-state index contributed by atoms with van der Waals surface area (Å²) in [5, 5.41) is 18.7. The Morgan fingerprint density at radius 3 is 3.06 bits per heavy atom. The average molecular weight is 251 g/mol. The summed E-state index contributed by atoms with van der Waals surface area (Å²) >= 11 is 0. The number of hydrogen-bond donors (Lipinski definition) is 4. The van der Waals surface area contributed by atoms with Crippen LogP contribution in [0, 0.1) is 0 Å². The third-order valence-corrected chi connectivity index (χ3v) is 3.25. The van der Waals surface area contributed by atoms with Crippen molar-refractivity contribution in [2.24, 2.45) is 0 Å². The standard InChI is InChI=1S/C11H13N3O4/c15-3-8-6(16)1-7(18-8)5-2-12-10-9(5)13-4-14-11(10)17/h2,4,6-8,12,15-16H,1,3H2,(H,13,14,17)/t6-,7?,8?/m0/s1. The first-order valence-corrected chi connectivity index (χ1v) is 5.69. The number of aromatic amines is 2. The summed E-state index contributed by atoms with van der Waals surface area (Å²) in [6.45, 7) is -0.228. The number of hydrogen-bond acceptors (Lipinski definition) is 5. The fraction of sp³-hybridized carbons (Fsp3) is 0.455. The van der Waals surface area contributed by atoms with Crippen LogP contribution in [0.1, 0.15) is 18.1 Å². The van der Waals surface area contributed by atoms with Gasteiger partial charge in [-0.2, -0.15) is 0 Å². The molecule has 0 aromatic carbocycles. The molecule has 96 valence electrons. The average Bonchev–Trinajstić information content (AvgIpc) is 2.93. The molecule has 7 nitrogen and oxygen atoms in total. The Kier molecular flexibility index (Phi) is 2.66. The summed E-state index contributed by atoms with van der Waals surface area (Å²) in [5.41, 5.74) is 1.40. The van der Waals surface area contributed by atoms with Crippen LogP contribution in [-0.4, -0.2) is 44.0 Å². The highest BCUT2D eigenvalue weighted by molar-refractivity contribution is 5.78. The van der Waals surface area contributed by atoms with Gasteiger partial charge in [0.05, 0.1) is 25.1 Å². The maximum Gasteiger partial charge on any atom is 0.275 e. The molecule has 0 radical (unpaired) electrons. The van der Waals surface area contributed by atoms with Crippen molar-refractivity contribution in [2.75, 3.05) is 6.61 Å². The predicted molar refractivity (Wildman–Crippen MR) is 62.0 cm³/mol. The van der Waals surface area contributed by atoms with Gasteiger partial charge in [0.2, 0.25) is 0 Å². The van der Waals surface area contributed by atoms with E-state index in [2.05, 4.69) is 15.0 Å². The molecule has 0 aliphatic carbocycles. The number of fused-ring (bicyclic) bond motifs is 1. The number of nitrogens with zero attached hydrogens (tertiary/aromatic N) is 1. The molecule has 18 heavy (non-hydrogen) atoms. The number of ether oxygens (including phenoxy) is 1. The van der Waals surface area contributed by atoms with Crippen LogP contribution in [0.5, 0.6) is 0 Å². The number of rotatable bonds is 2. The number of nitrogens with one attached hydrogen (secondary N) is 2. The Morgan fingerprint density at radius 2 is 2.33 bits per heavy atom. The van der Waals surface area contributed by atoms with E-state index < -0.39 is 12.2 Å². The zero-order valence-corrected chi connectivity index (χ0v) is 9.46. The largest absolute Gasteiger partial charge is 0.394 e. The molecule has 3 rings (SSSR count). The van der Waals surface area contributed by atoms with Gasteiger partial charge in [0.25, 0.3) is 5.56 Å². The molecule has 2 aromatic heterocycles. The van der Waals surface area contributed by atoms with E-state index in [1.54, 1.807) is 6.20 Å².